The Bertz CT molecular complexity index is 1390. The Morgan fingerprint density at radius 3 is 2.83 bits per heavy atom. The highest BCUT2D eigenvalue weighted by atomic mass is 15.3. The molecule has 1 atom stereocenters. The molecule has 4 aromatic rings. The van der Waals surface area contributed by atoms with Gasteiger partial charge in [-0.2, -0.15) is 5.26 Å². The zero-order valence-electron chi connectivity index (χ0n) is 19.6. The third-order valence-corrected chi connectivity index (χ3v) is 7.09. The lowest BCUT2D eigenvalue weighted by molar-refractivity contribution is 0.521. The maximum atomic E-state index is 9.12. The molecule has 0 aliphatic carbocycles. The fourth-order valence-electron chi connectivity index (χ4n) is 5.27. The summed E-state index contributed by atoms with van der Waals surface area (Å²) < 4.78 is 4.34. The number of aromatic nitrogens is 4. The number of rotatable bonds is 6. The Morgan fingerprint density at radius 2 is 2.00 bits per heavy atom. The fraction of sp³-hybridized carbons (Fsp3) is 0.296. The molecule has 6 rings (SSSR count). The van der Waals surface area contributed by atoms with Gasteiger partial charge < -0.3 is 20.5 Å². The Kier molecular flexibility index (Phi) is 5.57. The summed E-state index contributed by atoms with van der Waals surface area (Å²) in [7, 11) is 0. The normalized spacial score (nSPS) is 16.3. The van der Waals surface area contributed by atoms with Crippen molar-refractivity contribution >= 4 is 5.69 Å². The minimum atomic E-state index is 0.649. The van der Waals surface area contributed by atoms with Crippen LogP contribution in [-0.2, 0) is 6.54 Å². The van der Waals surface area contributed by atoms with E-state index in [1.165, 1.54) is 17.7 Å². The number of nitrogens with zero attached hydrogens (tertiary/aromatic N) is 6. The molecule has 3 N–H and O–H groups in total. The molecule has 35 heavy (non-hydrogen) atoms. The highest BCUT2D eigenvalue weighted by Crippen LogP contribution is 2.35. The molecule has 0 spiro atoms. The lowest BCUT2D eigenvalue weighted by atomic mass is 10.1. The van der Waals surface area contributed by atoms with Gasteiger partial charge in [0.05, 0.1) is 23.0 Å². The summed E-state index contributed by atoms with van der Waals surface area (Å²) in [5.41, 5.74) is 13.1. The van der Waals surface area contributed by atoms with Gasteiger partial charge in [0, 0.05) is 50.2 Å². The standard InChI is InChI=1S/C27H28N8/c28-8-9-30-14-20-7-10-33(15-20)24-5-6-25-23(11-24)17-34-16-22(21-3-1-19(13-29)2-4-21)12-26(34)27-32-31-18-35(25)27/h1-6,11-12,16,18,20,30H,7-10,14-15,17,28H2. The topological polar surface area (TPSA) is 101 Å². The first-order valence-corrected chi connectivity index (χ1v) is 12.1. The van der Waals surface area contributed by atoms with E-state index in [-0.39, 0.29) is 0 Å². The highest BCUT2D eigenvalue weighted by Gasteiger charge is 2.25. The summed E-state index contributed by atoms with van der Waals surface area (Å²) in [5, 5.41) is 21.3. The second kappa shape index (κ2) is 9.02. The molecule has 176 valence electrons. The molecule has 2 aromatic heterocycles. The summed E-state index contributed by atoms with van der Waals surface area (Å²) >= 11 is 0. The van der Waals surface area contributed by atoms with Crippen molar-refractivity contribution in [2.75, 3.05) is 37.6 Å². The largest absolute Gasteiger partial charge is 0.371 e. The lowest BCUT2D eigenvalue weighted by Crippen LogP contribution is -2.29. The second-order valence-electron chi connectivity index (χ2n) is 9.36. The van der Waals surface area contributed by atoms with E-state index in [9.17, 15) is 0 Å². The minimum absolute atomic E-state index is 0.649. The van der Waals surface area contributed by atoms with Crippen LogP contribution in [0.25, 0.3) is 28.3 Å². The van der Waals surface area contributed by atoms with Crippen molar-refractivity contribution < 1.29 is 0 Å². The molecule has 0 saturated carbocycles. The maximum Gasteiger partial charge on any atom is 0.185 e. The first-order chi connectivity index (χ1) is 17.2. The SMILES string of the molecule is N#Cc1ccc(-c2cc3n(c2)Cc2cc(N4CCC(CNCCN)C4)ccc2-n2cnnc2-3)cc1. The van der Waals surface area contributed by atoms with Gasteiger partial charge in [-0.25, -0.2) is 0 Å². The summed E-state index contributed by atoms with van der Waals surface area (Å²) in [6.45, 7) is 5.47. The molecule has 2 aromatic carbocycles. The quantitative estimate of drug-likeness (QED) is 0.375. The van der Waals surface area contributed by atoms with Crippen molar-refractivity contribution in [2.45, 2.75) is 13.0 Å². The van der Waals surface area contributed by atoms with Gasteiger partial charge in [-0.15, -0.1) is 10.2 Å². The number of hydrogen-bond donors (Lipinski definition) is 2. The van der Waals surface area contributed by atoms with Crippen LogP contribution in [0.3, 0.4) is 0 Å². The minimum Gasteiger partial charge on any atom is -0.371 e. The molecule has 1 unspecified atom stereocenters. The average molecular weight is 465 g/mol. The predicted octanol–water partition coefficient (Wildman–Crippen LogP) is 3.01. The maximum absolute atomic E-state index is 9.12. The molecule has 4 heterocycles. The predicted molar refractivity (Wildman–Crippen MR) is 136 cm³/mol. The van der Waals surface area contributed by atoms with Gasteiger partial charge in [0.15, 0.2) is 5.82 Å². The number of nitrogens with two attached hydrogens (primary N) is 1. The Balaban J connectivity index is 1.31. The Morgan fingerprint density at radius 1 is 1.11 bits per heavy atom. The Labute approximate surface area is 204 Å². The molecule has 1 saturated heterocycles. The molecule has 2 aliphatic heterocycles. The summed E-state index contributed by atoms with van der Waals surface area (Å²) in [4.78, 5) is 2.49. The summed E-state index contributed by atoms with van der Waals surface area (Å²) in [6.07, 6.45) is 5.17. The van der Waals surface area contributed by atoms with Crippen LogP contribution >= 0.6 is 0 Å². The smallest absolute Gasteiger partial charge is 0.185 e. The van der Waals surface area contributed by atoms with Crippen molar-refractivity contribution in [3.05, 3.63) is 72.2 Å². The van der Waals surface area contributed by atoms with E-state index in [0.29, 0.717) is 18.0 Å². The fourth-order valence-corrected chi connectivity index (χ4v) is 5.27. The molecular weight excluding hydrogens is 436 g/mol. The summed E-state index contributed by atoms with van der Waals surface area (Å²) in [6, 6.07) is 18.8. The molecule has 0 bridgehead atoms. The monoisotopic (exact) mass is 464 g/mol. The third-order valence-electron chi connectivity index (χ3n) is 7.09. The number of benzene rings is 2. The van der Waals surface area contributed by atoms with Crippen molar-refractivity contribution in [1.29, 1.82) is 5.26 Å². The van der Waals surface area contributed by atoms with Crippen LogP contribution in [-0.4, -0.2) is 52.1 Å². The number of hydrogen-bond acceptors (Lipinski definition) is 6. The van der Waals surface area contributed by atoms with Crippen molar-refractivity contribution in [3.8, 4) is 34.4 Å². The van der Waals surface area contributed by atoms with Gasteiger partial charge >= 0.3 is 0 Å². The Hall–Kier alpha value is -3.93. The number of anilines is 1. The van der Waals surface area contributed by atoms with Crippen LogP contribution in [0.4, 0.5) is 5.69 Å². The van der Waals surface area contributed by atoms with Crippen LogP contribution in [0.1, 0.15) is 17.5 Å². The van der Waals surface area contributed by atoms with Gasteiger partial charge in [0.25, 0.3) is 0 Å². The van der Waals surface area contributed by atoms with Crippen LogP contribution < -0.4 is 16.0 Å². The van der Waals surface area contributed by atoms with Gasteiger partial charge in [-0.3, -0.25) is 4.57 Å². The molecule has 2 aliphatic rings. The number of fused-ring (bicyclic) bond motifs is 5. The van der Waals surface area contributed by atoms with Crippen LogP contribution in [0, 0.1) is 17.2 Å². The first-order valence-electron chi connectivity index (χ1n) is 12.1. The first kappa shape index (κ1) is 21.6. The zero-order valence-corrected chi connectivity index (χ0v) is 19.6. The van der Waals surface area contributed by atoms with Gasteiger partial charge in [-0.05, 0) is 66.4 Å². The zero-order chi connectivity index (χ0) is 23.8. The molecule has 1 fully saturated rings. The number of nitriles is 1. The van der Waals surface area contributed by atoms with Gasteiger partial charge in [-0.1, -0.05) is 12.1 Å². The van der Waals surface area contributed by atoms with E-state index >= 15 is 0 Å². The van der Waals surface area contributed by atoms with Crippen LogP contribution in [0.2, 0.25) is 0 Å². The molecule has 8 heteroatoms. The average Bonchev–Trinajstić information content (AvgIpc) is 3.63. The van der Waals surface area contributed by atoms with E-state index in [4.69, 9.17) is 11.0 Å². The third kappa shape index (κ3) is 3.99. The van der Waals surface area contributed by atoms with Gasteiger partial charge in [0.1, 0.15) is 6.33 Å². The van der Waals surface area contributed by atoms with E-state index in [1.807, 2.05) is 24.3 Å². The van der Waals surface area contributed by atoms with Crippen LogP contribution in [0.15, 0.2) is 61.1 Å². The van der Waals surface area contributed by atoms with Crippen molar-refractivity contribution in [3.63, 3.8) is 0 Å². The van der Waals surface area contributed by atoms with Crippen molar-refractivity contribution in [2.24, 2.45) is 11.7 Å². The molecule has 8 nitrogen and oxygen atoms in total. The van der Waals surface area contributed by atoms with E-state index < -0.39 is 0 Å². The summed E-state index contributed by atoms with van der Waals surface area (Å²) in [5.74, 6) is 1.49. The molecule has 0 amide bonds. The molecular formula is C27H28N8. The van der Waals surface area contributed by atoms with Crippen molar-refractivity contribution in [1.82, 2.24) is 24.6 Å². The molecule has 0 radical (unpaired) electrons. The van der Waals surface area contributed by atoms with E-state index in [1.54, 1.807) is 6.33 Å². The van der Waals surface area contributed by atoms with Crippen LogP contribution in [0.5, 0.6) is 0 Å². The van der Waals surface area contributed by atoms with Gasteiger partial charge in [0.2, 0.25) is 0 Å². The number of nitrogens with one attached hydrogen (secondary N) is 1. The second-order valence-corrected chi connectivity index (χ2v) is 9.36. The van der Waals surface area contributed by atoms with E-state index in [2.05, 4.69) is 66.1 Å². The van der Waals surface area contributed by atoms with E-state index in [0.717, 1.165) is 61.1 Å². The highest BCUT2D eigenvalue weighted by molar-refractivity contribution is 5.72. The lowest BCUT2D eigenvalue weighted by Gasteiger charge is -2.21.